The maximum atomic E-state index is 5.67. The molecule has 0 aliphatic carbocycles. The summed E-state index contributed by atoms with van der Waals surface area (Å²) in [7, 11) is 0. The highest BCUT2D eigenvalue weighted by Gasteiger charge is 2.17. The van der Waals surface area contributed by atoms with Crippen molar-refractivity contribution in [3.63, 3.8) is 0 Å². The van der Waals surface area contributed by atoms with Crippen molar-refractivity contribution in [2.45, 2.75) is 6.04 Å². The van der Waals surface area contributed by atoms with E-state index in [0.717, 1.165) is 22.6 Å². The van der Waals surface area contributed by atoms with Gasteiger partial charge in [0.05, 0.1) is 6.04 Å². The van der Waals surface area contributed by atoms with Gasteiger partial charge in [0.15, 0.2) is 11.5 Å². The summed E-state index contributed by atoms with van der Waals surface area (Å²) >= 11 is 0. The van der Waals surface area contributed by atoms with Gasteiger partial charge in [-0.25, -0.2) is 5.43 Å². The molecule has 1 unspecified atom stereocenters. The van der Waals surface area contributed by atoms with Crippen LogP contribution in [0.25, 0.3) is 0 Å². The van der Waals surface area contributed by atoms with Gasteiger partial charge in [-0.15, -0.1) is 0 Å². The van der Waals surface area contributed by atoms with Crippen LogP contribution in [0, 0.1) is 0 Å². The predicted molar refractivity (Wildman–Crippen MR) is 70.8 cm³/mol. The van der Waals surface area contributed by atoms with Crippen molar-refractivity contribution < 1.29 is 9.47 Å². The Bertz CT molecular complexity index is 560. The minimum Gasteiger partial charge on any atom is -0.486 e. The quantitative estimate of drug-likeness (QED) is 0.642. The molecule has 0 fully saturated rings. The molecular weight excluding hydrogens is 242 g/mol. The van der Waals surface area contributed by atoms with E-state index in [4.69, 9.17) is 15.3 Å². The second kappa shape index (κ2) is 5.26. The van der Waals surface area contributed by atoms with Crippen LogP contribution in [-0.4, -0.2) is 18.2 Å². The maximum absolute atomic E-state index is 5.67. The van der Waals surface area contributed by atoms with Crippen molar-refractivity contribution >= 4 is 0 Å². The first-order chi connectivity index (χ1) is 9.38. The lowest BCUT2D eigenvalue weighted by Gasteiger charge is -2.22. The molecule has 3 rings (SSSR count). The van der Waals surface area contributed by atoms with E-state index >= 15 is 0 Å². The summed E-state index contributed by atoms with van der Waals surface area (Å²) < 4.78 is 11.1. The molecule has 98 valence electrons. The highest BCUT2D eigenvalue weighted by molar-refractivity contribution is 5.46. The number of pyridine rings is 1. The van der Waals surface area contributed by atoms with Gasteiger partial charge in [-0.05, 0) is 35.4 Å². The Kier molecular flexibility index (Phi) is 3.31. The zero-order valence-electron chi connectivity index (χ0n) is 10.4. The lowest BCUT2D eigenvalue weighted by atomic mass is 10.00. The third-order valence-corrected chi connectivity index (χ3v) is 3.11. The lowest BCUT2D eigenvalue weighted by molar-refractivity contribution is 0.171. The molecule has 3 N–H and O–H groups in total. The SMILES string of the molecule is NNC(c1ccncc1)c1ccc2c(c1)OCCO2. The summed E-state index contributed by atoms with van der Waals surface area (Å²) in [6.07, 6.45) is 3.50. The monoisotopic (exact) mass is 257 g/mol. The molecule has 0 bridgehead atoms. The van der Waals surface area contributed by atoms with Crippen molar-refractivity contribution in [2.24, 2.45) is 5.84 Å². The molecule has 1 aliphatic heterocycles. The Labute approximate surface area is 111 Å². The second-order valence-electron chi connectivity index (χ2n) is 4.28. The number of nitrogens with two attached hydrogens (primary N) is 1. The van der Waals surface area contributed by atoms with Crippen LogP contribution < -0.4 is 20.7 Å². The van der Waals surface area contributed by atoms with E-state index in [1.165, 1.54) is 0 Å². The van der Waals surface area contributed by atoms with Gasteiger partial charge in [0.25, 0.3) is 0 Å². The van der Waals surface area contributed by atoms with E-state index < -0.39 is 0 Å². The second-order valence-corrected chi connectivity index (χ2v) is 4.28. The number of aromatic nitrogens is 1. The van der Waals surface area contributed by atoms with Gasteiger partial charge < -0.3 is 9.47 Å². The van der Waals surface area contributed by atoms with Gasteiger partial charge in [-0.3, -0.25) is 10.8 Å². The molecule has 1 aromatic heterocycles. The van der Waals surface area contributed by atoms with Crippen molar-refractivity contribution in [2.75, 3.05) is 13.2 Å². The van der Waals surface area contributed by atoms with E-state index in [1.807, 2.05) is 30.3 Å². The molecule has 0 spiro atoms. The zero-order chi connectivity index (χ0) is 13.1. The first-order valence-corrected chi connectivity index (χ1v) is 6.14. The Morgan fingerprint density at radius 1 is 1.00 bits per heavy atom. The molecule has 5 nitrogen and oxygen atoms in total. The van der Waals surface area contributed by atoms with Crippen molar-refractivity contribution in [3.05, 3.63) is 53.9 Å². The average molecular weight is 257 g/mol. The number of nitrogens with one attached hydrogen (secondary N) is 1. The fraction of sp³-hybridized carbons (Fsp3) is 0.214. The van der Waals surface area contributed by atoms with Gasteiger partial charge >= 0.3 is 0 Å². The Morgan fingerprint density at radius 3 is 2.47 bits per heavy atom. The summed E-state index contributed by atoms with van der Waals surface area (Å²) in [4.78, 5) is 4.01. The minimum atomic E-state index is -0.0983. The van der Waals surface area contributed by atoms with Gasteiger partial charge in [0.1, 0.15) is 13.2 Å². The largest absolute Gasteiger partial charge is 0.486 e. The summed E-state index contributed by atoms with van der Waals surface area (Å²) in [6, 6.07) is 9.62. The third-order valence-electron chi connectivity index (χ3n) is 3.11. The van der Waals surface area contributed by atoms with Crippen LogP contribution in [0.1, 0.15) is 17.2 Å². The van der Waals surface area contributed by atoms with Crippen LogP contribution in [0.2, 0.25) is 0 Å². The van der Waals surface area contributed by atoms with Crippen LogP contribution in [0.5, 0.6) is 11.5 Å². The van der Waals surface area contributed by atoms with Crippen molar-refractivity contribution in [1.82, 2.24) is 10.4 Å². The van der Waals surface area contributed by atoms with Crippen molar-refractivity contribution in [1.29, 1.82) is 0 Å². The molecule has 1 aliphatic rings. The molecule has 19 heavy (non-hydrogen) atoms. The molecule has 1 aromatic carbocycles. The summed E-state index contributed by atoms with van der Waals surface area (Å²) in [5.74, 6) is 7.21. The summed E-state index contributed by atoms with van der Waals surface area (Å²) in [5, 5.41) is 0. The molecule has 0 saturated heterocycles. The number of nitrogens with zero attached hydrogens (tertiary/aromatic N) is 1. The number of hydrazine groups is 1. The highest BCUT2D eigenvalue weighted by Crippen LogP contribution is 2.33. The molecule has 1 atom stereocenters. The Balaban J connectivity index is 1.96. The summed E-state index contributed by atoms with van der Waals surface area (Å²) in [6.45, 7) is 1.17. The number of fused-ring (bicyclic) bond motifs is 1. The smallest absolute Gasteiger partial charge is 0.161 e. The number of ether oxygens (including phenoxy) is 2. The topological polar surface area (TPSA) is 69.4 Å². The Hall–Kier alpha value is -2.11. The van der Waals surface area contributed by atoms with Gasteiger partial charge in [0.2, 0.25) is 0 Å². The third kappa shape index (κ3) is 2.38. The van der Waals surface area contributed by atoms with E-state index in [2.05, 4.69) is 10.4 Å². The molecule has 0 radical (unpaired) electrons. The maximum Gasteiger partial charge on any atom is 0.161 e. The van der Waals surface area contributed by atoms with E-state index in [-0.39, 0.29) is 6.04 Å². The van der Waals surface area contributed by atoms with Crippen LogP contribution in [-0.2, 0) is 0 Å². The van der Waals surface area contributed by atoms with Crippen LogP contribution >= 0.6 is 0 Å². The van der Waals surface area contributed by atoms with E-state index in [0.29, 0.717) is 13.2 Å². The van der Waals surface area contributed by atoms with E-state index in [1.54, 1.807) is 12.4 Å². The fourth-order valence-electron chi connectivity index (χ4n) is 2.18. The number of benzene rings is 1. The predicted octanol–water partition coefficient (Wildman–Crippen LogP) is 1.41. The van der Waals surface area contributed by atoms with Crippen LogP contribution in [0.3, 0.4) is 0 Å². The lowest BCUT2D eigenvalue weighted by Crippen LogP contribution is -2.29. The number of hydrogen-bond acceptors (Lipinski definition) is 5. The molecule has 5 heteroatoms. The van der Waals surface area contributed by atoms with Crippen molar-refractivity contribution in [3.8, 4) is 11.5 Å². The first kappa shape index (κ1) is 12.0. The number of hydrogen-bond donors (Lipinski definition) is 2. The molecule has 2 heterocycles. The molecular formula is C14H15N3O2. The highest BCUT2D eigenvalue weighted by atomic mass is 16.6. The zero-order valence-corrected chi connectivity index (χ0v) is 10.4. The fourth-order valence-corrected chi connectivity index (χ4v) is 2.18. The van der Waals surface area contributed by atoms with Gasteiger partial charge in [-0.2, -0.15) is 0 Å². The molecule has 2 aromatic rings. The van der Waals surface area contributed by atoms with Crippen LogP contribution in [0.4, 0.5) is 0 Å². The summed E-state index contributed by atoms with van der Waals surface area (Å²) in [5.41, 5.74) is 4.89. The van der Waals surface area contributed by atoms with E-state index in [9.17, 15) is 0 Å². The standard InChI is InChI=1S/C14H15N3O2/c15-17-14(10-3-5-16-6-4-10)11-1-2-12-13(9-11)19-8-7-18-12/h1-6,9,14,17H,7-8,15H2. The normalized spacial score (nSPS) is 15.0. The van der Waals surface area contributed by atoms with Gasteiger partial charge in [-0.1, -0.05) is 6.07 Å². The molecule has 0 amide bonds. The first-order valence-electron chi connectivity index (χ1n) is 6.14. The minimum absolute atomic E-state index is 0.0983. The van der Waals surface area contributed by atoms with Crippen LogP contribution in [0.15, 0.2) is 42.7 Å². The van der Waals surface area contributed by atoms with Gasteiger partial charge in [0, 0.05) is 12.4 Å². The Morgan fingerprint density at radius 2 is 1.74 bits per heavy atom. The molecule has 0 saturated carbocycles. The average Bonchev–Trinajstić information content (AvgIpc) is 2.49. The number of rotatable bonds is 3.